The van der Waals surface area contributed by atoms with Crippen molar-refractivity contribution in [1.82, 2.24) is 9.80 Å². The Morgan fingerprint density at radius 3 is 2.48 bits per heavy atom. The smallest absolute Gasteiger partial charge is 0.227 e. The topological polar surface area (TPSA) is 54.4 Å². The second-order valence-corrected chi connectivity index (χ2v) is 8.40. The van der Waals surface area contributed by atoms with E-state index in [0.717, 1.165) is 58.6 Å². The number of benzene rings is 3. The van der Waals surface area contributed by atoms with E-state index in [1.165, 1.54) is 0 Å². The van der Waals surface area contributed by atoms with E-state index in [4.69, 9.17) is 14.5 Å². The van der Waals surface area contributed by atoms with Crippen LogP contribution in [0.15, 0.2) is 71.7 Å². The Bertz CT molecular complexity index is 1200. The summed E-state index contributed by atoms with van der Waals surface area (Å²) in [6.45, 7) is 4.83. The number of para-hydroxylation sites is 1. The third-order valence-electron chi connectivity index (χ3n) is 6.14. The highest BCUT2D eigenvalue weighted by Gasteiger charge is 2.27. The standard InChI is InChI=1S/C27H27N3O3/c1-19-7-12-23-25(17-19)33-24-6-4-3-5-22(24)27(28-23)30-15-13-29(14-16-30)26(31)18-20-8-10-21(32-2)11-9-20/h3-12,17H,13-16,18H2,1-2H3. The Balaban J connectivity index is 1.32. The maximum absolute atomic E-state index is 12.9. The lowest BCUT2D eigenvalue weighted by atomic mass is 10.1. The van der Waals surface area contributed by atoms with Gasteiger partial charge in [-0.15, -0.1) is 0 Å². The van der Waals surface area contributed by atoms with Crippen LogP contribution >= 0.6 is 0 Å². The van der Waals surface area contributed by atoms with Gasteiger partial charge in [-0.3, -0.25) is 4.79 Å². The van der Waals surface area contributed by atoms with Crippen LogP contribution in [0.2, 0.25) is 0 Å². The minimum absolute atomic E-state index is 0.146. The lowest BCUT2D eigenvalue weighted by molar-refractivity contribution is -0.131. The molecule has 2 heterocycles. The van der Waals surface area contributed by atoms with E-state index in [9.17, 15) is 4.79 Å². The van der Waals surface area contributed by atoms with Crippen LogP contribution in [-0.2, 0) is 11.2 Å². The van der Waals surface area contributed by atoms with Crippen molar-refractivity contribution in [3.05, 3.63) is 83.4 Å². The zero-order valence-electron chi connectivity index (χ0n) is 19.0. The highest BCUT2D eigenvalue weighted by molar-refractivity contribution is 6.03. The van der Waals surface area contributed by atoms with Gasteiger partial charge in [-0.1, -0.05) is 30.3 Å². The van der Waals surface area contributed by atoms with E-state index in [-0.39, 0.29) is 5.91 Å². The number of aliphatic imine (C=N–C) groups is 1. The molecule has 3 aromatic rings. The molecule has 1 fully saturated rings. The monoisotopic (exact) mass is 441 g/mol. The first-order valence-electron chi connectivity index (χ1n) is 11.2. The van der Waals surface area contributed by atoms with Crippen LogP contribution in [0.4, 0.5) is 5.69 Å². The Morgan fingerprint density at radius 1 is 0.970 bits per heavy atom. The Hall–Kier alpha value is -3.80. The predicted molar refractivity (Wildman–Crippen MR) is 129 cm³/mol. The van der Waals surface area contributed by atoms with Crippen LogP contribution < -0.4 is 9.47 Å². The SMILES string of the molecule is COc1ccc(CC(=O)N2CCN(C3=Nc4ccc(C)cc4Oc4ccccc43)CC2)cc1. The third-order valence-corrected chi connectivity index (χ3v) is 6.14. The highest BCUT2D eigenvalue weighted by Crippen LogP contribution is 2.38. The summed E-state index contributed by atoms with van der Waals surface area (Å²) in [5.41, 5.74) is 3.93. The third kappa shape index (κ3) is 4.42. The number of amides is 1. The Morgan fingerprint density at radius 2 is 1.73 bits per heavy atom. The van der Waals surface area contributed by atoms with Gasteiger partial charge in [0.2, 0.25) is 5.91 Å². The number of fused-ring (bicyclic) bond motifs is 2. The second kappa shape index (κ2) is 8.98. The number of rotatable bonds is 3. The fourth-order valence-corrected chi connectivity index (χ4v) is 4.27. The fourth-order valence-electron chi connectivity index (χ4n) is 4.27. The van der Waals surface area contributed by atoms with Crippen molar-refractivity contribution < 1.29 is 14.3 Å². The van der Waals surface area contributed by atoms with E-state index in [0.29, 0.717) is 19.5 Å². The minimum atomic E-state index is 0.146. The predicted octanol–water partition coefficient (Wildman–Crippen LogP) is 4.57. The van der Waals surface area contributed by atoms with Crippen molar-refractivity contribution >= 4 is 17.4 Å². The van der Waals surface area contributed by atoms with Gasteiger partial charge in [0, 0.05) is 26.2 Å². The first-order valence-corrected chi connectivity index (χ1v) is 11.2. The van der Waals surface area contributed by atoms with Gasteiger partial charge in [0.25, 0.3) is 0 Å². The van der Waals surface area contributed by atoms with E-state index in [2.05, 4.69) is 11.0 Å². The van der Waals surface area contributed by atoms with Crippen molar-refractivity contribution in [2.45, 2.75) is 13.3 Å². The molecule has 2 aliphatic rings. The summed E-state index contributed by atoms with van der Waals surface area (Å²) in [5.74, 6) is 3.41. The molecule has 0 aliphatic carbocycles. The molecular formula is C27H27N3O3. The minimum Gasteiger partial charge on any atom is -0.497 e. The highest BCUT2D eigenvalue weighted by atomic mass is 16.5. The molecule has 168 valence electrons. The zero-order chi connectivity index (χ0) is 22.8. The molecule has 0 spiro atoms. The van der Waals surface area contributed by atoms with Crippen LogP contribution in [0, 0.1) is 6.92 Å². The number of hydrogen-bond acceptors (Lipinski definition) is 5. The maximum atomic E-state index is 12.9. The first-order chi connectivity index (χ1) is 16.1. The molecule has 6 heteroatoms. The lowest BCUT2D eigenvalue weighted by Gasteiger charge is -2.36. The lowest BCUT2D eigenvalue weighted by Crippen LogP contribution is -2.51. The number of carbonyl (C=O) groups is 1. The first kappa shape index (κ1) is 21.1. The molecule has 5 rings (SSSR count). The van der Waals surface area contributed by atoms with Crippen LogP contribution in [0.3, 0.4) is 0 Å². The van der Waals surface area contributed by atoms with Crippen molar-refractivity contribution in [1.29, 1.82) is 0 Å². The molecule has 6 nitrogen and oxygen atoms in total. The van der Waals surface area contributed by atoms with Gasteiger partial charge in [0.15, 0.2) is 5.75 Å². The number of methoxy groups -OCH3 is 1. The number of carbonyl (C=O) groups excluding carboxylic acids is 1. The van der Waals surface area contributed by atoms with Gasteiger partial charge in [0.1, 0.15) is 23.0 Å². The molecule has 0 unspecified atom stereocenters. The van der Waals surface area contributed by atoms with Crippen molar-refractivity contribution in [3.63, 3.8) is 0 Å². The van der Waals surface area contributed by atoms with Crippen LogP contribution in [0.25, 0.3) is 0 Å². The molecule has 1 saturated heterocycles. The summed E-state index contributed by atoms with van der Waals surface area (Å²) in [7, 11) is 1.64. The summed E-state index contributed by atoms with van der Waals surface area (Å²) in [4.78, 5) is 22.1. The van der Waals surface area contributed by atoms with Crippen LogP contribution in [-0.4, -0.2) is 54.8 Å². The van der Waals surface area contributed by atoms with Gasteiger partial charge in [-0.05, 0) is 54.4 Å². The molecule has 0 saturated carbocycles. The summed E-state index contributed by atoms with van der Waals surface area (Å²) in [6.07, 6.45) is 0.397. The summed E-state index contributed by atoms with van der Waals surface area (Å²) >= 11 is 0. The van der Waals surface area contributed by atoms with E-state index in [1.807, 2.05) is 72.5 Å². The van der Waals surface area contributed by atoms with Gasteiger partial charge in [-0.2, -0.15) is 0 Å². The molecule has 0 bridgehead atoms. The van der Waals surface area contributed by atoms with Gasteiger partial charge < -0.3 is 19.3 Å². The number of aryl methyl sites for hydroxylation is 1. The average molecular weight is 442 g/mol. The Kier molecular flexibility index (Phi) is 5.73. The van der Waals surface area contributed by atoms with E-state index < -0.39 is 0 Å². The molecule has 0 radical (unpaired) electrons. The van der Waals surface area contributed by atoms with Crippen molar-refractivity contribution in [2.24, 2.45) is 4.99 Å². The average Bonchev–Trinajstić information content (AvgIpc) is 3.01. The molecule has 2 aliphatic heterocycles. The molecule has 1 amide bonds. The van der Waals surface area contributed by atoms with Crippen LogP contribution in [0.5, 0.6) is 17.2 Å². The number of ether oxygens (including phenoxy) is 2. The molecule has 0 atom stereocenters. The van der Waals surface area contributed by atoms with Crippen molar-refractivity contribution in [3.8, 4) is 17.2 Å². The number of nitrogens with zero attached hydrogens (tertiary/aromatic N) is 3. The largest absolute Gasteiger partial charge is 0.497 e. The number of amidine groups is 1. The molecular weight excluding hydrogens is 414 g/mol. The second-order valence-electron chi connectivity index (χ2n) is 8.40. The van der Waals surface area contributed by atoms with Gasteiger partial charge >= 0.3 is 0 Å². The zero-order valence-corrected chi connectivity index (χ0v) is 19.0. The molecule has 3 aromatic carbocycles. The van der Waals surface area contributed by atoms with Crippen LogP contribution in [0.1, 0.15) is 16.7 Å². The number of hydrogen-bond donors (Lipinski definition) is 0. The normalized spacial score (nSPS) is 15.0. The van der Waals surface area contributed by atoms with Crippen molar-refractivity contribution in [2.75, 3.05) is 33.3 Å². The molecule has 0 N–H and O–H groups in total. The van der Waals surface area contributed by atoms with Gasteiger partial charge in [-0.25, -0.2) is 4.99 Å². The quantitative estimate of drug-likeness (QED) is 0.597. The molecule has 33 heavy (non-hydrogen) atoms. The van der Waals surface area contributed by atoms with Gasteiger partial charge in [0.05, 0.1) is 19.1 Å². The number of piperazine rings is 1. The van der Waals surface area contributed by atoms with E-state index >= 15 is 0 Å². The Labute approximate surface area is 194 Å². The summed E-state index contributed by atoms with van der Waals surface area (Å²) < 4.78 is 11.4. The summed E-state index contributed by atoms with van der Waals surface area (Å²) in [5, 5.41) is 0. The fraction of sp³-hybridized carbons (Fsp3) is 0.259. The van der Waals surface area contributed by atoms with E-state index in [1.54, 1.807) is 7.11 Å². The maximum Gasteiger partial charge on any atom is 0.227 e. The molecule has 0 aromatic heterocycles. The summed E-state index contributed by atoms with van der Waals surface area (Å²) in [6, 6.07) is 21.8.